The largest absolute Gasteiger partial charge is 0.497 e. The summed E-state index contributed by atoms with van der Waals surface area (Å²) in [5.74, 6) is 1.99. The van der Waals surface area contributed by atoms with Gasteiger partial charge in [0.15, 0.2) is 0 Å². The molecule has 1 aliphatic carbocycles. The van der Waals surface area contributed by atoms with Crippen molar-refractivity contribution in [3.8, 4) is 5.75 Å². The van der Waals surface area contributed by atoms with Gasteiger partial charge >= 0.3 is 0 Å². The lowest BCUT2D eigenvalue weighted by Gasteiger charge is -2.27. The lowest BCUT2D eigenvalue weighted by Crippen LogP contribution is -2.32. The molecule has 2 heterocycles. The molecule has 44 heavy (non-hydrogen) atoms. The maximum Gasteiger partial charge on any atom is 0.250 e. The minimum Gasteiger partial charge on any atom is -0.497 e. The molecule has 2 aliphatic heterocycles. The van der Waals surface area contributed by atoms with E-state index in [2.05, 4.69) is 23.2 Å². The summed E-state index contributed by atoms with van der Waals surface area (Å²) in [7, 11) is -1.97. The molecular formula is C34H51N3O6S. The third-order valence-corrected chi connectivity index (χ3v) is 9.84. The highest BCUT2D eigenvalue weighted by Gasteiger charge is 2.31. The van der Waals surface area contributed by atoms with Crippen molar-refractivity contribution in [1.29, 1.82) is 0 Å². The summed E-state index contributed by atoms with van der Waals surface area (Å²) in [6, 6.07) is 5.87. The Kier molecular flexibility index (Phi) is 12.7. The molecule has 0 bridgehead atoms. The van der Waals surface area contributed by atoms with Gasteiger partial charge < -0.3 is 14.8 Å². The number of rotatable bonds is 14. The second kappa shape index (κ2) is 16.5. The lowest BCUT2D eigenvalue weighted by atomic mass is 9.86. The van der Waals surface area contributed by atoms with Gasteiger partial charge in [-0.2, -0.15) is 0 Å². The highest BCUT2D eigenvalue weighted by molar-refractivity contribution is 7.89. The molecule has 9 nitrogen and oxygen atoms in total. The Morgan fingerprint density at radius 2 is 1.86 bits per heavy atom. The molecule has 0 radical (unpaired) electrons. The normalized spacial score (nSPS) is 21.5. The molecule has 2 amide bonds. The average molecular weight is 630 g/mol. The smallest absolute Gasteiger partial charge is 0.250 e. The number of methoxy groups -OCH3 is 1. The van der Waals surface area contributed by atoms with Gasteiger partial charge in [-0.25, -0.2) is 8.42 Å². The fraction of sp³-hybridized carbons (Fsp3) is 0.647. The van der Waals surface area contributed by atoms with Crippen LogP contribution < -0.4 is 14.8 Å². The van der Waals surface area contributed by atoms with Crippen LogP contribution in [0.3, 0.4) is 0 Å². The zero-order chi connectivity index (χ0) is 31.5. The zero-order valence-corrected chi connectivity index (χ0v) is 27.6. The average Bonchev–Trinajstić information content (AvgIpc) is 3.36. The number of sulfonamides is 1. The van der Waals surface area contributed by atoms with Crippen LogP contribution in [0.15, 0.2) is 41.9 Å². The van der Waals surface area contributed by atoms with E-state index in [-0.39, 0.29) is 24.3 Å². The number of hydrogen-bond donors (Lipinski definition) is 2. The van der Waals surface area contributed by atoms with Gasteiger partial charge in [0.05, 0.1) is 31.2 Å². The maximum absolute atomic E-state index is 13.1. The number of amides is 2. The lowest BCUT2D eigenvalue weighted by molar-refractivity contribution is -0.119. The molecule has 10 heteroatoms. The van der Waals surface area contributed by atoms with E-state index in [1.165, 1.54) is 44.9 Å². The van der Waals surface area contributed by atoms with Crippen LogP contribution in [0, 0.1) is 11.8 Å². The fourth-order valence-corrected chi connectivity index (χ4v) is 7.24. The third kappa shape index (κ3) is 10.4. The molecule has 1 aromatic rings. The van der Waals surface area contributed by atoms with Gasteiger partial charge in [-0.05, 0) is 79.8 Å². The Bertz CT molecular complexity index is 1300. The predicted molar refractivity (Wildman–Crippen MR) is 172 cm³/mol. The first-order valence-electron chi connectivity index (χ1n) is 16.4. The molecule has 244 valence electrons. The van der Waals surface area contributed by atoms with E-state index in [1.54, 1.807) is 13.4 Å². The zero-order valence-electron chi connectivity index (χ0n) is 26.7. The third-order valence-electron chi connectivity index (χ3n) is 9.24. The Morgan fingerprint density at radius 3 is 2.61 bits per heavy atom. The first kappa shape index (κ1) is 34.0. The van der Waals surface area contributed by atoms with Crippen LogP contribution in [0.5, 0.6) is 5.75 Å². The summed E-state index contributed by atoms with van der Waals surface area (Å²) < 4.78 is 36.6. The number of nitrogens with zero attached hydrogens (tertiary/aromatic N) is 1. The number of allylic oxidation sites excluding steroid dienone is 1. The second-order valence-corrected chi connectivity index (χ2v) is 14.5. The summed E-state index contributed by atoms with van der Waals surface area (Å²) in [6.45, 7) is 4.31. The van der Waals surface area contributed by atoms with E-state index in [4.69, 9.17) is 9.47 Å². The van der Waals surface area contributed by atoms with Gasteiger partial charge in [0, 0.05) is 19.5 Å². The molecule has 0 spiro atoms. The van der Waals surface area contributed by atoms with E-state index >= 15 is 0 Å². The number of hydrogen-bond acceptors (Lipinski definition) is 7. The number of ether oxygens (including phenoxy) is 2. The molecule has 0 aromatic heterocycles. The van der Waals surface area contributed by atoms with Crippen molar-refractivity contribution in [1.82, 2.24) is 14.9 Å². The van der Waals surface area contributed by atoms with Gasteiger partial charge in [-0.1, -0.05) is 57.9 Å². The summed E-state index contributed by atoms with van der Waals surface area (Å²) in [6.07, 6.45) is 18.3. The molecule has 3 aliphatic rings. The van der Waals surface area contributed by atoms with Gasteiger partial charge in [-0.3, -0.25) is 19.2 Å². The number of nitrogens with one attached hydrogen (secondary N) is 2. The maximum atomic E-state index is 13.1. The van der Waals surface area contributed by atoms with Crippen LogP contribution in [-0.4, -0.2) is 57.6 Å². The highest BCUT2D eigenvalue weighted by Crippen LogP contribution is 2.32. The van der Waals surface area contributed by atoms with Crippen molar-refractivity contribution in [2.75, 3.05) is 26.5 Å². The van der Waals surface area contributed by atoms with Crippen molar-refractivity contribution in [3.63, 3.8) is 0 Å². The Morgan fingerprint density at radius 1 is 1.07 bits per heavy atom. The highest BCUT2D eigenvalue weighted by atomic mass is 32.2. The SMILES string of the molecule is COc1ccc(CCC(=O)NS(C)(=O)=O)c(CN2CCCC2C2=CCC(C)C(C(=O)NCCCCC3CCCCC3)=CO2)c1. The van der Waals surface area contributed by atoms with Crippen LogP contribution in [0.1, 0.15) is 95.1 Å². The minimum atomic E-state index is -3.59. The van der Waals surface area contributed by atoms with Crippen molar-refractivity contribution in [2.45, 2.75) is 103 Å². The molecule has 2 unspecified atom stereocenters. The molecule has 1 saturated heterocycles. The number of likely N-dealkylation sites (tertiary alicyclic amines) is 1. The molecular weight excluding hydrogens is 578 g/mol. The van der Waals surface area contributed by atoms with Crippen LogP contribution >= 0.6 is 0 Å². The Balaban J connectivity index is 1.33. The summed E-state index contributed by atoms with van der Waals surface area (Å²) in [5.41, 5.74) is 2.70. The van der Waals surface area contributed by atoms with E-state index in [0.29, 0.717) is 25.1 Å². The van der Waals surface area contributed by atoms with Gasteiger partial charge in [0.2, 0.25) is 15.9 Å². The molecule has 4 rings (SSSR count). The quantitative estimate of drug-likeness (QED) is 0.267. The number of carbonyl (C=O) groups excluding carboxylic acids is 2. The van der Waals surface area contributed by atoms with E-state index in [9.17, 15) is 18.0 Å². The Hall–Kier alpha value is -2.85. The molecule has 2 atom stereocenters. The van der Waals surface area contributed by atoms with Gasteiger partial charge in [0.25, 0.3) is 5.91 Å². The van der Waals surface area contributed by atoms with E-state index in [1.807, 2.05) is 22.9 Å². The first-order chi connectivity index (χ1) is 21.1. The molecule has 1 saturated carbocycles. The number of unbranched alkanes of at least 4 members (excludes halogenated alkanes) is 1. The minimum absolute atomic E-state index is 0.0333. The summed E-state index contributed by atoms with van der Waals surface area (Å²) >= 11 is 0. The second-order valence-electron chi connectivity index (χ2n) is 12.8. The number of carbonyl (C=O) groups is 2. The fourth-order valence-electron chi connectivity index (χ4n) is 6.73. The number of benzene rings is 1. The van der Waals surface area contributed by atoms with Gasteiger partial charge in [-0.15, -0.1) is 0 Å². The first-order valence-corrected chi connectivity index (χ1v) is 18.3. The van der Waals surface area contributed by atoms with Crippen molar-refractivity contribution >= 4 is 21.8 Å². The monoisotopic (exact) mass is 629 g/mol. The standard InChI is InChI=1S/C34H51N3O6S/c1-25-14-18-32(43-24-30(25)34(39)35-20-8-7-12-26-10-5-4-6-11-26)31-13-9-21-37(31)23-28-22-29(42-2)17-15-27(28)16-19-33(38)36-44(3,40)41/h15,17-18,22,24-26,31H,4-14,16,19-21,23H2,1-3H3,(H,35,39)(H,36,38). The van der Waals surface area contributed by atoms with Crippen molar-refractivity contribution in [2.24, 2.45) is 11.8 Å². The van der Waals surface area contributed by atoms with Crippen molar-refractivity contribution < 1.29 is 27.5 Å². The predicted octanol–water partition coefficient (Wildman–Crippen LogP) is 5.36. The van der Waals surface area contributed by atoms with Crippen LogP contribution in [0.4, 0.5) is 0 Å². The van der Waals surface area contributed by atoms with Gasteiger partial charge in [0.1, 0.15) is 11.5 Å². The topological polar surface area (TPSA) is 114 Å². The molecule has 2 N–H and O–H groups in total. The van der Waals surface area contributed by atoms with Crippen LogP contribution in [0.2, 0.25) is 0 Å². The summed E-state index contributed by atoms with van der Waals surface area (Å²) in [5, 5.41) is 3.13. The molecule has 2 fully saturated rings. The summed E-state index contributed by atoms with van der Waals surface area (Å²) in [4.78, 5) is 27.6. The van der Waals surface area contributed by atoms with E-state index < -0.39 is 15.9 Å². The molecule has 1 aromatic carbocycles. The Labute approximate surface area is 263 Å². The van der Waals surface area contributed by atoms with E-state index in [0.717, 1.165) is 67.0 Å². The number of aryl methyl sites for hydroxylation is 1. The van der Waals surface area contributed by atoms with Crippen molar-refractivity contribution in [3.05, 3.63) is 53.0 Å². The van der Waals surface area contributed by atoms with Crippen LogP contribution in [-0.2, 0) is 37.3 Å². The van der Waals surface area contributed by atoms with Crippen LogP contribution in [0.25, 0.3) is 0 Å².